The molecular weight excluding hydrogens is 490 g/mol. The second-order valence-corrected chi connectivity index (χ2v) is 9.42. The molecule has 9 heteroatoms. The van der Waals surface area contributed by atoms with Gasteiger partial charge in [-0.05, 0) is 50.2 Å². The molecule has 0 atom stereocenters. The van der Waals surface area contributed by atoms with E-state index in [1.807, 2.05) is 66.6 Å². The van der Waals surface area contributed by atoms with E-state index in [4.69, 9.17) is 14.8 Å². The fraction of sp³-hybridized carbons (Fsp3) is 0.174. The molecule has 4 aromatic rings. The highest BCUT2D eigenvalue weighted by molar-refractivity contribution is 9.10. The summed E-state index contributed by atoms with van der Waals surface area (Å²) in [6.45, 7) is 4.11. The number of benzene rings is 2. The number of rotatable bonds is 4. The van der Waals surface area contributed by atoms with Gasteiger partial charge >= 0.3 is 0 Å². The first-order valence-corrected chi connectivity index (χ1v) is 11.8. The molecule has 2 aromatic heterocycles. The SMILES string of the molecule is CC(C)N=c1scc(-c2ccc3c(c2)NC(=O)CO3)n1N=Cc1c[nH]c2ccc(Br)cc12. The molecule has 32 heavy (non-hydrogen) atoms. The molecule has 1 aliphatic heterocycles. The quantitative estimate of drug-likeness (QED) is 0.380. The van der Waals surface area contributed by atoms with Gasteiger partial charge in [-0.2, -0.15) is 5.10 Å². The van der Waals surface area contributed by atoms with Crippen molar-refractivity contribution in [2.24, 2.45) is 10.1 Å². The van der Waals surface area contributed by atoms with Gasteiger partial charge in [0.25, 0.3) is 5.91 Å². The molecule has 0 fully saturated rings. The summed E-state index contributed by atoms with van der Waals surface area (Å²) < 4.78 is 8.34. The Bertz CT molecular complexity index is 1430. The van der Waals surface area contributed by atoms with E-state index < -0.39 is 0 Å². The zero-order chi connectivity index (χ0) is 22.2. The molecule has 0 bridgehead atoms. The molecule has 3 heterocycles. The summed E-state index contributed by atoms with van der Waals surface area (Å²) in [7, 11) is 0. The summed E-state index contributed by atoms with van der Waals surface area (Å²) in [5, 5.41) is 10.8. The Hall–Kier alpha value is -3.17. The summed E-state index contributed by atoms with van der Waals surface area (Å²) in [6, 6.07) is 12.0. The number of nitrogens with one attached hydrogen (secondary N) is 2. The molecule has 2 N–H and O–H groups in total. The van der Waals surface area contributed by atoms with Crippen LogP contribution in [0.3, 0.4) is 0 Å². The van der Waals surface area contributed by atoms with Gasteiger partial charge in [0.05, 0.1) is 17.6 Å². The van der Waals surface area contributed by atoms with Crippen LogP contribution in [-0.2, 0) is 4.79 Å². The minimum atomic E-state index is -0.160. The first-order chi connectivity index (χ1) is 15.5. The number of carbonyl (C=O) groups is 1. The van der Waals surface area contributed by atoms with E-state index in [-0.39, 0.29) is 18.6 Å². The number of amides is 1. The highest BCUT2D eigenvalue weighted by atomic mass is 79.9. The van der Waals surface area contributed by atoms with Gasteiger partial charge in [-0.25, -0.2) is 4.68 Å². The zero-order valence-corrected chi connectivity index (χ0v) is 19.8. The maximum absolute atomic E-state index is 11.7. The van der Waals surface area contributed by atoms with E-state index in [0.717, 1.165) is 37.0 Å². The lowest BCUT2D eigenvalue weighted by Gasteiger charge is -2.18. The van der Waals surface area contributed by atoms with Crippen LogP contribution in [0.2, 0.25) is 0 Å². The highest BCUT2D eigenvalue weighted by Gasteiger charge is 2.18. The lowest BCUT2D eigenvalue weighted by molar-refractivity contribution is -0.118. The number of ether oxygens (including phenoxy) is 1. The minimum Gasteiger partial charge on any atom is -0.482 e. The molecule has 0 aliphatic carbocycles. The normalized spacial score (nSPS) is 14.2. The number of H-pyrrole nitrogens is 1. The number of hydrogen-bond acceptors (Lipinski definition) is 5. The summed E-state index contributed by atoms with van der Waals surface area (Å²) in [4.78, 5) is 20.6. The zero-order valence-electron chi connectivity index (χ0n) is 17.4. The number of anilines is 1. The largest absolute Gasteiger partial charge is 0.482 e. The Morgan fingerprint density at radius 1 is 1.25 bits per heavy atom. The molecule has 2 aromatic carbocycles. The predicted molar refractivity (Wildman–Crippen MR) is 132 cm³/mol. The number of thiazole rings is 1. The highest BCUT2D eigenvalue weighted by Crippen LogP contribution is 2.33. The van der Waals surface area contributed by atoms with Gasteiger partial charge in [0.15, 0.2) is 6.61 Å². The van der Waals surface area contributed by atoms with E-state index >= 15 is 0 Å². The lowest BCUT2D eigenvalue weighted by Crippen LogP contribution is -2.25. The van der Waals surface area contributed by atoms with Gasteiger partial charge < -0.3 is 15.0 Å². The Morgan fingerprint density at radius 3 is 2.97 bits per heavy atom. The van der Waals surface area contributed by atoms with Crippen molar-refractivity contribution in [2.75, 3.05) is 11.9 Å². The first kappa shape index (κ1) is 20.7. The number of aromatic amines is 1. The molecule has 0 spiro atoms. The second-order valence-electron chi connectivity index (χ2n) is 7.66. The number of nitrogens with zero attached hydrogens (tertiary/aromatic N) is 3. The van der Waals surface area contributed by atoms with E-state index in [1.165, 1.54) is 11.3 Å². The third-order valence-corrected chi connectivity index (χ3v) is 6.27. The van der Waals surface area contributed by atoms with Crippen molar-refractivity contribution in [1.82, 2.24) is 9.66 Å². The Balaban J connectivity index is 1.61. The first-order valence-electron chi connectivity index (χ1n) is 10.1. The molecule has 0 saturated carbocycles. The van der Waals surface area contributed by atoms with E-state index in [2.05, 4.69) is 32.3 Å². The molecule has 5 rings (SSSR count). The molecular formula is C23H20BrN5O2S. The van der Waals surface area contributed by atoms with E-state index in [0.29, 0.717) is 11.4 Å². The monoisotopic (exact) mass is 509 g/mol. The van der Waals surface area contributed by atoms with Crippen molar-refractivity contribution < 1.29 is 9.53 Å². The topological polar surface area (TPSA) is 83.8 Å². The summed E-state index contributed by atoms with van der Waals surface area (Å²) in [5.74, 6) is 0.502. The number of hydrogen-bond donors (Lipinski definition) is 2. The van der Waals surface area contributed by atoms with Crippen LogP contribution in [-0.4, -0.2) is 34.4 Å². The predicted octanol–water partition coefficient (Wildman–Crippen LogP) is 4.98. The number of halogens is 1. The van der Waals surface area contributed by atoms with Crippen molar-refractivity contribution in [3.63, 3.8) is 0 Å². The average Bonchev–Trinajstić information content (AvgIpc) is 3.34. The van der Waals surface area contributed by atoms with Crippen LogP contribution in [0.5, 0.6) is 5.75 Å². The van der Waals surface area contributed by atoms with Crippen molar-refractivity contribution in [3.05, 3.63) is 62.8 Å². The van der Waals surface area contributed by atoms with Gasteiger partial charge in [-0.15, -0.1) is 11.3 Å². The molecule has 1 amide bonds. The van der Waals surface area contributed by atoms with Crippen molar-refractivity contribution in [2.45, 2.75) is 19.9 Å². The van der Waals surface area contributed by atoms with Crippen LogP contribution >= 0.6 is 27.3 Å². The standard InChI is InChI=1S/C23H20BrN5O2S/c1-13(2)27-23-29(26-10-15-9-25-18-5-4-16(24)8-17(15)18)20(12-32-23)14-3-6-21-19(7-14)28-22(30)11-31-21/h3-10,12-13,25H,11H2,1-2H3,(H,28,30). The number of aromatic nitrogens is 2. The third kappa shape index (κ3) is 4.01. The van der Waals surface area contributed by atoms with Crippen LogP contribution in [0.15, 0.2) is 62.5 Å². The Labute approximate surface area is 196 Å². The van der Waals surface area contributed by atoms with Gasteiger partial charge in [-0.3, -0.25) is 9.79 Å². The van der Waals surface area contributed by atoms with Crippen LogP contribution in [0.1, 0.15) is 19.4 Å². The summed E-state index contributed by atoms with van der Waals surface area (Å²) in [5.41, 5.74) is 4.48. The summed E-state index contributed by atoms with van der Waals surface area (Å²) >= 11 is 5.07. The Morgan fingerprint density at radius 2 is 2.12 bits per heavy atom. The van der Waals surface area contributed by atoms with Crippen molar-refractivity contribution >= 4 is 56.0 Å². The molecule has 0 saturated heterocycles. The fourth-order valence-electron chi connectivity index (χ4n) is 3.50. The molecule has 7 nitrogen and oxygen atoms in total. The lowest BCUT2D eigenvalue weighted by atomic mass is 10.1. The van der Waals surface area contributed by atoms with Crippen molar-refractivity contribution in [3.8, 4) is 17.0 Å². The van der Waals surface area contributed by atoms with Gasteiger partial charge in [0, 0.05) is 44.1 Å². The van der Waals surface area contributed by atoms with Crippen LogP contribution < -0.4 is 14.9 Å². The molecule has 0 unspecified atom stereocenters. The fourth-order valence-corrected chi connectivity index (χ4v) is 4.83. The maximum Gasteiger partial charge on any atom is 0.262 e. The molecule has 162 valence electrons. The smallest absolute Gasteiger partial charge is 0.262 e. The summed E-state index contributed by atoms with van der Waals surface area (Å²) in [6.07, 6.45) is 3.78. The number of fused-ring (bicyclic) bond motifs is 2. The Kier molecular flexibility index (Phi) is 5.44. The van der Waals surface area contributed by atoms with Gasteiger partial charge in [0.2, 0.25) is 4.80 Å². The van der Waals surface area contributed by atoms with E-state index in [1.54, 1.807) is 0 Å². The van der Waals surface area contributed by atoms with Crippen molar-refractivity contribution in [1.29, 1.82) is 0 Å². The van der Waals surface area contributed by atoms with Gasteiger partial charge in [0.1, 0.15) is 5.75 Å². The molecule has 1 aliphatic rings. The second kappa shape index (κ2) is 8.40. The third-order valence-electron chi connectivity index (χ3n) is 4.95. The maximum atomic E-state index is 11.7. The van der Waals surface area contributed by atoms with Gasteiger partial charge in [-0.1, -0.05) is 15.9 Å². The van der Waals surface area contributed by atoms with Crippen LogP contribution in [0.25, 0.3) is 22.2 Å². The molecule has 0 radical (unpaired) electrons. The van der Waals surface area contributed by atoms with Crippen LogP contribution in [0.4, 0.5) is 5.69 Å². The average molecular weight is 510 g/mol. The van der Waals surface area contributed by atoms with Crippen LogP contribution in [0, 0.1) is 0 Å². The minimum absolute atomic E-state index is 0.0350. The number of carbonyl (C=O) groups excluding carboxylic acids is 1. The van der Waals surface area contributed by atoms with E-state index in [9.17, 15) is 4.79 Å².